The summed E-state index contributed by atoms with van der Waals surface area (Å²) in [5.41, 5.74) is 1.25. The van der Waals surface area contributed by atoms with Crippen molar-refractivity contribution in [3.05, 3.63) is 18.0 Å². The fourth-order valence-corrected chi connectivity index (χ4v) is 1.47. The van der Waals surface area contributed by atoms with Crippen molar-refractivity contribution in [1.82, 2.24) is 15.1 Å². The number of aryl methyl sites for hydroxylation is 2. The van der Waals surface area contributed by atoms with Crippen LogP contribution in [0.15, 0.2) is 12.4 Å². The first-order valence-electron chi connectivity index (χ1n) is 5.52. The molecule has 0 saturated heterocycles. The fraction of sp³-hybridized carbons (Fsp3) is 0.727. The zero-order chi connectivity index (χ0) is 10.2. The highest BCUT2D eigenvalue weighted by atomic mass is 15.3. The summed E-state index contributed by atoms with van der Waals surface area (Å²) in [5, 5.41) is 7.58. The van der Waals surface area contributed by atoms with Gasteiger partial charge in [0.05, 0.1) is 6.20 Å². The van der Waals surface area contributed by atoms with Crippen molar-refractivity contribution in [3.8, 4) is 0 Å². The van der Waals surface area contributed by atoms with Crippen LogP contribution in [0.25, 0.3) is 0 Å². The SMILES string of the molecule is CCNCCCCCn1cc(C)cn1. The van der Waals surface area contributed by atoms with Gasteiger partial charge in [-0.3, -0.25) is 4.68 Å². The predicted molar refractivity (Wildman–Crippen MR) is 59.4 cm³/mol. The van der Waals surface area contributed by atoms with Crippen LogP contribution < -0.4 is 5.32 Å². The number of nitrogens with one attached hydrogen (secondary N) is 1. The van der Waals surface area contributed by atoms with Crippen molar-refractivity contribution < 1.29 is 0 Å². The van der Waals surface area contributed by atoms with Crippen LogP contribution in [0.4, 0.5) is 0 Å². The smallest absolute Gasteiger partial charge is 0.0518 e. The van der Waals surface area contributed by atoms with Crippen molar-refractivity contribution in [2.45, 2.75) is 39.7 Å². The van der Waals surface area contributed by atoms with Gasteiger partial charge in [-0.25, -0.2) is 0 Å². The lowest BCUT2D eigenvalue weighted by Gasteiger charge is -2.02. The van der Waals surface area contributed by atoms with Crippen molar-refractivity contribution in [3.63, 3.8) is 0 Å². The molecule has 0 unspecified atom stereocenters. The Labute approximate surface area is 86.5 Å². The monoisotopic (exact) mass is 195 g/mol. The van der Waals surface area contributed by atoms with Crippen LogP contribution in [0.1, 0.15) is 31.7 Å². The zero-order valence-electron chi connectivity index (χ0n) is 9.29. The molecule has 1 N–H and O–H groups in total. The number of hydrogen-bond acceptors (Lipinski definition) is 2. The van der Waals surface area contributed by atoms with Crippen LogP contribution in [-0.4, -0.2) is 22.9 Å². The first-order chi connectivity index (χ1) is 6.83. The first kappa shape index (κ1) is 11.2. The van der Waals surface area contributed by atoms with Crippen LogP contribution in [0, 0.1) is 6.92 Å². The van der Waals surface area contributed by atoms with E-state index in [-0.39, 0.29) is 0 Å². The summed E-state index contributed by atoms with van der Waals surface area (Å²) >= 11 is 0. The van der Waals surface area contributed by atoms with Gasteiger partial charge in [0.25, 0.3) is 0 Å². The van der Waals surface area contributed by atoms with Gasteiger partial charge >= 0.3 is 0 Å². The molecule has 80 valence electrons. The van der Waals surface area contributed by atoms with Crippen molar-refractivity contribution >= 4 is 0 Å². The van der Waals surface area contributed by atoms with Gasteiger partial charge in [0.2, 0.25) is 0 Å². The Bertz CT molecular complexity index is 242. The van der Waals surface area contributed by atoms with Crippen molar-refractivity contribution in [1.29, 1.82) is 0 Å². The third-order valence-corrected chi connectivity index (χ3v) is 2.25. The molecular formula is C11H21N3. The molecule has 0 aromatic carbocycles. The van der Waals surface area contributed by atoms with Crippen LogP contribution >= 0.6 is 0 Å². The number of hydrogen-bond donors (Lipinski definition) is 1. The lowest BCUT2D eigenvalue weighted by Crippen LogP contribution is -2.13. The van der Waals surface area contributed by atoms with Gasteiger partial charge in [-0.15, -0.1) is 0 Å². The Kier molecular flexibility index (Phi) is 5.30. The number of unbranched alkanes of at least 4 members (excludes halogenated alkanes) is 2. The molecule has 0 spiro atoms. The van der Waals surface area contributed by atoms with Gasteiger partial charge < -0.3 is 5.32 Å². The molecule has 1 aromatic heterocycles. The molecule has 1 aromatic rings. The van der Waals surface area contributed by atoms with Gasteiger partial charge in [0, 0.05) is 12.7 Å². The molecular weight excluding hydrogens is 174 g/mol. The standard InChI is InChI=1S/C11H21N3/c1-3-12-7-5-4-6-8-14-10-11(2)9-13-14/h9-10,12H,3-8H2,1-2H3. The maximum atomic E-state index is 4.25. The van der Waals surface area contributed by atoms with Gasteiger partial charge in [-0.05, 0) is 38.4 Å². The molecule has 0 saturated carbocycles. The van der Waals surface area contributed by atoms with Gasteiger partial charge in [0.1, 0.15) is 0 Å². The summed E-state index contributed by atoms with van der Waals surface area (Å²) in [5.74, 6) is 0. The zero-order valence-corrected chi connectivity index (χ0v) is 9.29. The second-order valence-electron chi connectivity index (χ2n) is 3.69. The summed E-state index contributed by atoms with van der Waals surface area (Å²) < 4.78 is 2.03. The third-order valence-electron chi connectivity index (χ3n) is 2.25. The van der Waals surface area contributed by atoms with Gasteiger partial charge in [-0.2, -0.15) is 5.10 Å². The van der Waals surface area contributed by atoms with E-state index in [9.17, 15) is 0 Å². The maximum absolute atomic E-state index is 4.25. The molecule has 0 radical (unpaired) electrons. The Morgan fingerprint density at radius 3 is 2.86 bits per heavy atom. The molecule has 0 fully saturated rings. The molecule has 1 rings (SSSR count). The lowest BCUT2D eigenvalue weighted by molar-refractivity contribution is 0.532. The van der Waals surface area contributed by atoms with E-state index in [4.69, 9.17) is 0 Å². The Morgan fingerprint density at radius 2 is 2.21 bits per heavy atom. The van der Waals surface area contributed by atoms with Gasteiger partial charge in [-0.1, -0.05) is 13.3 Å². The molecule has 0 amide bonds. The molecule has 0 aliphatic rings. The van der Waals surface area contributed by atoms with E-state index < -0.39 is 0 Å². The average molecular weight is 195 g/mol. The fourth-order valence-electron chi connectivity index (χ4n) is 1.47. The highest BCUT2D eigenvalue weighted by Crippen LogP contribution is 1.99. The van der Waals surface area contributed by atoms with E-state index in [1.54, 1.807) is 0 Å². The van der Waals surface area contributed by atoms with Crippen LogP contribution in [-0.2, 0) is 6.54 Å². The molecule has 1 heterocycles. The molecule has 14 heavy (non-hydrogen) atoms. The summed E-state index contributed by atoms with van der Waals surface area (Å²) in [6.07, 6.45) is 7.80. The summed E-state index contributed by atoms with van der Waals surface area (Å²) in [6, 6.07) is 0. The van der Waals surface area contributed by atoms with E-state index in [1.807, 2.05) is 10.9 Å². The Morgan fingerprint density at radius 1 is 1.36 bits per heavy atom. The minimum Gasteiger partial charge on any atom is -0.317 e. The highest BCUT2D eigenvalue weighted by Gasteiger charge is 1.93. The van der Waals surface area contributed by atoms with Crippen molar-refractivity contribution in [2.24, 2.45) is 0 Å². The van der Waals surface area contributed by atoms with E-state index in [0.717, 1.165) is 19.6 Å². The van der Waals surface area contributed by atoms with E-state index in [0.29, 0.717) is 0 Å². The Hall–Kier alpha value is -0.830. The number of nitrogens with zero attached hydrogens (tertiary/aromatic N) is 2. The molecule has 0 aliphatic carbocycles. The van der Waals surface area contributed by atoms with Gasteiger partial charge in [0.15, 0.2) is 0 Å². The predicted octanol–water partition coefficient (Wildman–Crippen LogP) is 1.97. The normalized spacial score (nSPS) is 10.7. The molecule has 0 bridgehead atoms. The second-order valence-corrected chi connectivity index (χ2v) is 3.69. The van der Waals surface area contributed by atoms with Crippen LogP contribution in [0.2, 0.25) is 0 Å². The minimum atomic E-state index is 1.06. The summed E-state index contributed by atoms with van der Waals surface area (Å²) in [6.45, 7) is 7.51. The average Bonchev–Trinajstić information content (AvgIpc) is 2.58. The number of rotatable bonds is 7. The van der Waals surface area contributed by atoms with E-state index in [1.165, 1.54) is 24.8 Å². The molecule has 0 aliphatic heterocycles. The molecule has 0 atom stereocenters. The number of aromatic nitrogens is 2. The van der Waals surface area contributed by atoms with E-state index in [2.05, 4.69) is 30.5 Å². The van der Waals surface area contributed by atoms with E-state index >= 15 is 0 Å². The molecule has 3 heteroatoms. The third kappa shape index (κ3) is 4.42. The lowest BCUT2D eigenvalue weighted by atomic mass is 10.2. The topological polar surface area (TPSA) is 29.9 Å². The summed E-state index contributed by atoms with van der Waals surface area (Å²) in [7, 11) is 0. The quantitative estimate of drug-likeness (QED) is 0.674. The second kappa shape index (κ2) is 6.60. The maximum Gasteiger partial charge on any atom is 0.0518 e. The minimum absolute atomic E-state index is 1.06. The van der Waals surface area contributed by atoms with Crippen LogP contribution in [0.3, 0.4) is 0 Å². The van der Waals surface area contributed by atoms with Crippen molar-refractivity contribution in [2.75, 3.05) is 13.1 Å². The highest BCUT2D eigenvalue weighted by molar-refractivity contribution is 4.99. The Balaban J connectivity index is 1.99. The first-order valence-corrected chi connectivity index (χ1v) is 5.52. The summed E-state index contributed by atoms with van der Waals surface area (Å²) in [4.78, 5) is 0. The van der Waals surface area contributed by atoms with Crippen LogP contribution in [0.5, 0.6) is 0 Å². The largest absolute Gasteiger partial charge is 0.317 e. The molecule has 3 nitrogen and oxygen atoms in total.